The molecule has 5 rings (SSSR count). The van der Waals surface area contributed by atoms with Crippen molar-refractivity contribution >= 4 is 42.4 Å². The normalized spacial score (nSPS) is 12.6. The highest BCUT2D eigenvalue weighted by molar-refractivity contribution is 7.86. The number of hydrogen-bond acceptors (Lipinski definition) is 2. The van der Waals surface area contributed by atoms with E-state index in [0.29, 0.717) is 16.2 Å². The molecule has 0 aromatic heterocycles. The zero-order chi connectivity index (χ0) is 22.7. The van der Waals surface area contributed by atoms with Gasteiger partial charge in [0.05, 0.1) is 5.56 Å². The van der Waals surface area contributed by atoms with E-state index in [1.807, 2.05) is 12.1 Å². The first-order valence-electron chi connectivity index (χ1n) is 9.67. The molecule has 0 heterocycles. The van der Waals surface area contributed by atoms with Gasteiger partial charge in [-0.05, 0) is 44.6 Å². The van der Waals surface area contributed by atoms with Gasteiger partial charge in [-0.1, -0.05) is 72.8 Å². The maximum atomic E-state index is 14.3. The van der Waals surface area contributed by atoms with Gasteiger partial charge < -0.3 is 0 Å². The lowest BCUT2D eigenvalue weighted by atomic mass is 9.89. The van der Waals surface area contributed by atoms with E-state index in [1.54, 1.807) is 42.5 Å². The van der Waals surface area contributed by atoms with Crippen LogP contribution in [0.15, 0.2) is 89.8 Å². The summed E-state index contributed by atoms with van der Waals surface area (Å²) in [7, 11) is -5.01. The predicted octanol–water partition coefficient (Wildman–Crippen LogP) is 7.08. The molecule has 0 amide bonds. The van der Waals surface area contributed by atoms with Crippen LogP contribution in [0.2, 0.25) is 0 Å². The minimum atomic E-state index is -5.01. The number of benzene rings is 5. The van der Waals surface area contributed by atoms with Crippen LogP contribution in [-0.2, 0) is 16.3 Å². The van der Waals surface area contributed by atoms with Crippen molar-refractivity contribution < 1.29 is 26.1 Å². The molecule has 32 heavy (non-hydrogen) atoms. The molecule has 0 spiro atoms. The topological polar surface area (TPSA) is 54.4 Å². The fourth-order valence-electron chi connectivity index (χ4n) is 4.33. The van der Waals surface area contributed by atoms with Gasteiger partial charge in [-0.2, -0.15) is 21.6 Å². The lowest BCUT2D eigenvalue weighted by molar-refractivity contribution is -0.137. The van der Waals surface area contributed by atoms with E-state index in [4.69, 9.17) is 0 Å². The summed E-state index contributed by atoms with van der Waals surface area (Å²) >= 11 is 0. The highest BCUT2D eigenvalue weighted by atomic mass is 32.2. The van der Waals surface area contributed by atoms with Crippen molar-refractivity contribution in [1.82, 2.24) is 0 Å². The first kappa shape index (κ1) is 20.5. The van der Waals surface area contributed by atoms with E-state index < -0.39 is 32.3 Å². The lowest BCUT2D eigenvalue weighted by Gasteiger charge is -2.20. The fraction of sp³-hybridized carbons (Fsp3) is 0.0400. The first-order valence-corrected chi connectivity index (χ1v) is 11.1. The summed E-state index contributed by atoms with van der Waals surface area (Å²) in [6, 6.07) is 22.4. The minimum Gasteiger partial charge on any atom is -0.282 e. The molecule has 0 saturated heterocycles. The highest BCUT2D eigenvalue weighted by Crippen LogP contribution is 2.47. The standard InChI is InChI=1S/C25H15F3O3S/c26-25(27,28)22-14-16-8-2-4-10-18(16)24(32(29,30)31)23(22)21-13-15-7-1-3-9-17(15)19-11-5-6-12-20(19)21/h1-14H,(H,29,30,31). The van der Waals surface area contributed by atoms with Gasteiger partial charge in [-0.15, -0.1) is 0 Å². The smallest absolute Gasteiger partial charge is 0.282 e. The molecule has 0 aliphatic heterocycles. The molecule has 0 atom stereocenters. The Balaban J connectivity index is 2.09. The average molecular weight is 452 g/mol. The molecule has 0 bridgehead atoms. The van der Waals surface area contributed by atoms with Crippen LogP contribution in [-0.4, -0.2) is 13.0 Å². The van der Waals surface area contributed by atoms with Crippen molar-refractivity contribution in [3.8, 4) is 11.1 Å². The molecule has 0 aliphatic carbocycles. The van der Waals surface area contributed by atoms with Crippen molar-refractivity contribution in [2.24, 2.45) is 0 Å². The average Bonchev–Trinajstić information content (AvgIpc) is 2.76. The second-order valence-corrected chi connectivity index (χ2v) is 8.87. The number of halogens is 3. The zero-order valence-electron chi connectivity index (χ0n) is 16.4. The van der Waals surface area contributed by atoms with Crippen molar-refractivity contribution in [3.05, 3.63) is 90.5 Å². The van der Waals surface area contributed by atoms with E-state index in [0.717, 1.165) is 11.5 Å². The summed E-state index contributed by atoms with van der Waals surface area (Å²) in [6.45, 7) is 0. The Morgan fingerprint density at radius 2 is 1.16 bits per heavy atom. The second kappa shape index (κ2) is 7.05. The first-order chi connectivity index (χ1) is 15.2. The summed E-state index contributed by atoms with van der Waals surface area (Å²) < 4.78 is 77.9. The van der Waals surface area contributed by atoms with Crippen molar-refractivity contribution in [2.75, 3.05) is 0 Å². The Bertz CT molecular complexity index is 1640. The van der Waals surface area contributed by atoms with Crippen LogP contribution in [0.3, 0.4) is 0 Å². The van der Waals surface area contributed by atoms with Gasteiger partial charge in [-0.25, -0.2) is 0 Å². The SMILES string of the molecule is O=S(=O)(O)c1c(-c2cc3ccccc3c3ccccc23)c(C(F)(F)F)cc2ccccc12. The summed E-state index contributed by atoms with van der Waals surface area (Å²) in [6.07, 6.45) is -4.86. The predicted molar refractivity (Wildman–Crippen MR) is 119 cm³/mol. The lowest BCUT2D eigenvalue weighted by Crippen LogP contribution is -2.12. The Morgan fingerprint density at radius 3 is 1.75 bits per heavy atom. The van der Waals surface area contributed by atoms with E-state index in [9.17, 15) is 26.1 Å². The molecule has 0 saturated carbocycles. The van der Waals surface area contributed by atoms with E-state index in [1.165, 1.54) is 24.3 Å². The molecular weight excluding hydrogens is 437 g/mol. The van der Waals surface area contributed by atoms with Gasteiger partial charge in [0.15, 0.2) is 0 Å². The third-order valence-electron chi connectivity index (χ3n) is 5.60. The van der Waals surface area contributed by atoms with Gasteiger partial charge >= 0.3 is 6.18 Å². The van der Waals surface area contributed by atoms with E-state index in [-0.39, 0.29) is 16.3 Å². The summed E-state index contributed by atoms with van der Waals surface area (Å²) in [4.78, 5) is -0.747. The van der Waals surface area contributed by atoms with Crippen LogP contribution in [0.4, 0.5) is 13.2 Å². The summed E-state index contributed by atoms with van der Waals surface area (Å²) in [5.74, 6) is 0. The zero-order valence-corrected chi connectivity index (χ0v) is 17.2. The molecule has 5 aromatic carbocycles. The molecule has 0 unspecified atom stereocenters. The van der Waals surface area contributed by atoms with E-state index >= 15 is 0 Å². The molecule has 7 heteroatoms. The quantitative estimate of drug-likeness (QED) is 0.230. The Hall–Kier alpha value is -3.42. The number of hydrogen-bond donors (Lipinski definition) is 1. The molecule has 0 aliphatic rings. The van der Waals surface area contributed by atoms with Crippen LogP contribution in [0.5, 0.6) is 0 Å². The van der Waals surface area contributed by atoms with Crippen LogP contribution in [0.1, 0.15) is 5.56 Å². The molecule has 0 radical (unpaired) electrons. The maximum Gasteiger partial charge on any atom is 0.417 e. The van der Waals surface area contributed by atoms with Crippen molar-refractivity contribution in [1.29, 1.82) is 0 Å². The van der Waals surface area contributed by atoms with E-state index in [2.05, 4.69) is 0 Å². The second-order valence-electron chi connectivity index (χ2n) is 7.51. The number of rotatable bonds is 2. The molecule has 3 nitrogen and oxygen atoms in total. The van der Waals surface area contributed by atoms with Crippen molar-refractivity contribution in [3.63, 3.8) is 0 Å². The van der Waals surface area contributed by atoms with Crippen molar-refractivity contribution in [2.45, 2.75) is 11.1 Å². The Kier molecular flexibility index (Phi) is 4.51. The van der Waals surface area contributed by atoms with Gasteiger partial charge in [-0.3, -0.25) is 4.55 Å². The molecule has 0 fully saturated rings. The minimum absolute atomic E-state index is 0.0234. The van der Waals surface area contributed by atoms with Crippen LogP contribution in [0, 0.1) is 0 Å². The largest absolute Gasteiger partial charge is 0.417 e. The van der Waals surface area contributed by atoms with Crippen LogP contribution >= 0.6 is 0 Å². The Labute approximate surface area is 181 Å². The van der Waals surface area contributed by atoms with Gasteiger partial charge in [0, 0.05) is 10.9 Å². The van der Waals surface area contributed by atoms with Crippen LogP contribution in [0.25, 0.3) is 43.4 Å². The van der Waals surface area contributed by atoms with Gasteiger partial charge in [0.1, 0.15) is 4.90 Å². The molecule has 5 aromatic rings. The third-order valence-corrected chi connectivity index (χ3v) is 6.54. The number of alkyl halides is 3. The summed E-state index contributed by atoms with van der Waals surface area (Å²) in [5.41, 5.74) is -1.59. The number of fused-ring (bicyclic) bond motifs is 4. The molecule has 160 valence electrons. The summed E-state index contributed by atoms with van der Waals surface area (Å²) in [5, 5.41) is 2.72. The Morgan fingerprint density at radius 1 is 0.656 bits per heavy atom. The van der Waals surface area contributed by atoms with Gasteiger partial charge in [0.2, 0.25) is 0 Å². The maximum absolute atomic E-state index is 14.3. The van der Waals surface area contributed by atoms with Crippen LogP contribution < -0.4 is 0 Å². The molecular formula is C25H15F3O3S. The highest BCUT2D eigenvalue weighted by Gasteiger charge is 2.38. The fourth-order valence-corrected chi connectivity index (χ4v) is 5.28. The third kappa shape index (κ3) is 3.21. The molecule has 1 N–H and O–H groups in total. The monoisotopic (exact) mass is 452 g/mol. The van der Waals surface area contributed by atoms with Gasteiger partial charge in [0.25, 0.3) is 10.1 Å².